The molecular weight excluding hydrogens is 252 g/mol. The van der Waals surface area contributed by atoms with Crippen LogP contribution in [0.3, 0.4) is 0 Å². The molecule has 0 saturated heterocycles. The fraction of sp³-hybridized carbons (Fsp3) is 0.133. The van der Waals surface area contributed by atoms with E-state index in [0.717, 1.165) is 16.8 Å². The van der Waals surface area contributed by atoms with Crippen LogP contribution in [0.5, 0.6) is 0 Å². The van der Waals surface area contributed by atoms with Crippen LogP contribution in [0.25, 0.3) is 11.5 Å². The number of para-hydroxylation sites is 1. The maximum atomic E-state index is 5.23. The first-order valence-electron chi connectivity index (χ1n) is 6.35. The van der Waals surface area contributed by atoms with Crippen molar-refractivity contribution in [2.24, 2.45) is 0 Å². The van der Waals surface area contributed by atoms with Crippen molar-refractivity contribution >= 4 is 5.69 Å². The van der Waals surface area contributed by atoms with Gasteiger partial charge in [0.05, 0.1) is 5.56 Å². The fourth-order valence-electron chi connectivity index (χ4n) is 1.93. The van der Waals surface area contributed by atoms with Crippen molar-refractivity contribution in [1.29, 1.82) is 0 Å². The number of aryl methyl sites for hydroxylation is 1. The van der Waals surface area contributed by atoms with E-state index < -0.39 is 0 Å². The Hall–Kier alpha value is -2.69. The fourth-order valence-corrected chi connectivity index (χ4v) is 1.93. The number of hydrogen-bond acceptors (Lipinski definition) is 5. The predicted octanol–water partition coefficient (Wildman–Crippen LogP) is 3.05. The summed E-state index contributed by atoms with van der Waals surface area (Å²) in [4.78, 5) is 8.28. The molecule has 0 unspecified atom stereocenters. The Balaban J connectivity index is 1.83. The molecule has 1 aromatic carbocycles. The van der Waals surface area contributed by atoms with Gasteiger partial charge in [0.1, 0.15) is 0 Å². The summed E-state index contributed by atoms with van der Waals surface area (Å²) in [6.45, 7) is 2.52. The summed E-state index contributed by atoms with van der Waals surface area (Å²) < 4.78 is 5.23. The number of rotatable bonds is 4. The summed E-state index contributed by atoms with van der Waals surface area (Å²) >= 11 is 0. The minimum absolute atomic E-state index is 0.528. The highest BCUT2D eigenvalue weighted by Crippen LogP contribution is 2.26. The first-order valence-corrected chi connectivity index (χ1v) is 6.35. The van der Waals surface area contributed by atoms with E-state index in [4.69, 9.17) is 4.52 Å². The van der Waals surface area contributed by atoms with Crippen molar-refractivity contribution in [1.82, 2.24) is 15.1 Å². The summed E-state index contributed by atoms with van der Waals surface area (Å²) in [5, 5.41) is 7.21. The number of benzene rings is 1. The van der Waals surface area contributed by atoms with Gasteiger partial charge in [0.15, 0.2) is 5.82 Å². The van der Waals surface area contributed by atoms with Crippen molar-refractivity contribution in [2.45, 2.75) is 13.5 Å². The lowest BCUT2D eigenvalue weighted by Crippen LogP contribution is -2.00. The zero-order valence-electron chi connectivity index (χ0n) is 11.1. The van der Waals surface area contributed by atoms with Gasteiger partial charge in [-0.15, -0.1) is 0 Å². The molecule has 20 heavy (non-hydrogen) atoms. The van der Waals surface area contributed by atoms with E-state index in [-0.39, 0.29) is 0 Å². The lowest BCUT2D eigenvalue weighted by molar-refractivity contribution is 0.426. The molecule has 0 atom stereocenters. The molecule has 0 aliphatic heterocycles. The Bertz CT molecular complexity index is 694. The topological polar surface area (TPSA) is 63.8 Å². The van der Waals surface area contributed by atoms with Crippen LogP contribution >= 0.6 is 0 Å². The van der Waals surface area contributed by atoms with Crippen LogP contribution in [0.1, 0.15) is 11.4 Å². The Kier molecular flexibility index (Phi) is 3.41. The molecule has 3 rings (SSSR count). The summed E-state index contributed by atoms with van der Waals surface area (Å²) in [6, 6.07) is 11.8. The quantitative estimate of drug-likeness (QED) is 0.786. The summed E-state index contributed by atoms with van der Waals surface area (Å²) in [7, 11) is 0. The van der Waals surface area contributed by atoms with Crippen molar-refractivity contribution in [3.63, 3.8) is 0 Å². The molecule has 0 amide bonds. The maximum absolute atomic E-state index is 5.23. The summed E-state index contributed by atoms with van der Waals surface area (Å²) in [5.41, 5.74) is 3.03. The number of aromatic nitrogens is 3. The van der Waals surface area contributed by atoms with E-state index in [1.54, 1.807) is 19.3 Å². The van der Waals surface area contributed by atoms with Crippen LogP contribution in [-0.4, -0.2) is 15.1 Å². The molecule has 1 N–H and O–H groups in total. The number of anilines is 1. The van der Waals surface area contributed by atoms with E-state index >= 15 is 0 Å². The van der Waals surface area contributed by atoms with Gasteiger partial charge in [-0.05, 0) is 36.8 Å². The van der Waals surface area contributed by atoms with Gasteiger partial charge in [-0.25, -0.2) is 0 Å². The van der Waals surface area contributed by atoms with E-state index in [1.165, 1.54) is 0 Å². The smallest absolute Gasteiger partial charge is 0.260 e. The van der Waals surface area contributed by atoms with Gasteiger partial charge in [-0.2, -0.15) is 4.98 Å². The first kappa shape index (κ1) is 12.3. The standard InChI is InChI=1S/C15H14N4O/c1-11-18-15(20-19-11)13-4-2-3-5-14(13)17-10-12-6-8-16-9-7-12/h2-9,17H,10H2,1H3. The highest BCUT2D eigenvalue weighted by atomic mass is 16.5. The second-order valence-corrected chi connectivity index (χ2v) is 4.40. The van der Waals surface area contributed by atoms with Gasteiger partial charge in [0.25, 0.3) is 5.89 Å². The van der Waals surface area contributed by atoms with Gasteiger partial charge in [0, 0.05) is 24.6 Å². The van der Waals surface area contributed by atoms with Crippen molar-refractivity contribution in [3.8, 4) is 11.5 Å². The Morgan fingerprint density at radius 1 is 1.10 bits per heavy atom. The van der Waals surface area contributed by atoms with Gasteiger partial charge in [-0.3, -0.25) is 4.98 Å². The average Bonchev–Trinajstić information content (AvgIpc) is 2.93. The number of nitrogens with one attached hydrogen (secondary N) is 1. The van der Waals surface area contributed by atoms with E-state index in [9.17, 15) is 0 Å². The van der Waals surface area contributed by atoms with Crippen molar-refractivity contribution in [3.05, 3.63) is 60.2 Å². The normalized spacial score (nSPS) is 10.4. The van der Waals surface area contributed by atoms with Crippen LogP contribution in [0.2, 0.25) is 0 Å². The number of pyridine rings is 1. The van der Waals surface area contributed by atoms with Gasteiger partial charge in [0.2, 0.25) is 0 Å². The van der Waals surface area contributed by atoms with Gasteiger partial charge in [-0.1, -0.05) is 17.3 Å². The SMILES string of the molecule is Cc1noc(-c2ccccc2NCc2ccncc2)n1. The highest BCUT2D eigenvalue weighted by Gasteiger charge is 2.10. The molecule has 0 aliphatic rings. The third-order valence-electron chi connectivity index (χ3n) is 2.92. The average molecular weight is 266 g/mol. The molecule has 2 aromatic heterocycles. The zero-order chi connectivity index (χ0) is 13.8. The molecule has 0 aliphatic carbocycles. The van der Waals surface area contributed by atoms with E-state index in [0.29, 0.717) is 18.3 Å². The summed E-state index contributed by atoms with van der Waals surface area (Å²) in [6.07, 6.45) is 3.56. The maximum Gasteiger partial charge on any atom is 0.260 e. The molecule has 100 valence electrons. The molecule has 3 aromatic rings. The van der Waals surface area contributed by atoms with Gasteiger partial charge >= 0.3 is 0 Å². The third kappa shape index (κ3) is 2.66. The van der Waals surface area contributed by atoms with Gasteiger partial charge < -0.3 is 9.84 Å². The lowest BCUT2D eigenvalue weighted by atomic mass is 10.1. The first-order chi connectivity index (χ1) is 9.83. The molecule has 2 heterocycles. The lowest BCUT2D eigenvalue weighted by Gasteiger charge is -2.09. The monoisotopic (exact) mass is 266 g/mol. The van der Waals surface area contributed by atoms with Crippen LogP contribution < -0.4 is 5.32 Å². The second kappa shape index (κ2) is 5.52. The third-order valence-corrected chi connectivity index (χ3v) is 2.92. The van der Waals surface area contributed by atoms with Crippen LogP contribution in [0.15, 0.2) is 53.3 Å². The van der Waals surface area contributed by atoms with Crippen LogP contribution in [-0.2, 0) is 6.54 Å². The molecule has 0 fully saturated rings. The Morgan fingerprint density at radius 3 is 2.65 bits per heavy atom. The molecular formula is C15H14N4O. The molecule has 0 radical (unpaired) electrons. The number of hydrogen-bond donors (Lipinski definition) is 1. The predicted molar refractivity (Wildman–Crippen MR) is 76.0 cm³/mol. The Morgan fingerprint density at radius 2 is 1.90 bits per heavy atom. The Labute approximate surface area is 116 Å². The van der Waals surface area contributed by atoms with Crippen LogP contribution in [0.4, 0.5) is 5.69 Å². The molecule has 5 heteroatoms. The summed E-state index contributed by atoms with van der Waals surface area (Å²) in [5.74, 6) is 1.16. The second-order valence-electron chi connectivity index (χ2n) is 4.40. The minimum Gasteiger partial charge on any atom is -0.380 e. The number of nitrogens with zero attached hydrogens (tertiary/aromatic N) is 3. The highest BCUT2D eigenvalue weighted by molar-refractivity contribution is 5.72. The van der Waals surface area contributed by atoms with E-state index in [1.807, 2.05) is 36.4 Å². The van der Waals surface area contributed by atoms with Crippen LogP contribution in [0, 0.1) is 6.92 Å². The molecule has 5 nitrogen and oxygen atoms in total. The zero-order valence-corrected chi connectivity index (χ0v) is 11.1. The largest absolute Gasteiger partial charge is 0.380 e. The van der Waals surface area contributed by atoms with E-state index in [2.05, 4.69) is 20.4 Å². The molecule has 0 saturated carbocycles. The van der Waals surface area contributed by atoms with Crippen molar-refractivity contribution < 1.29 is 4.52 Å². The molecule has 0 bridgehead atoms. The van der Waals surface area contributed by atoms with Crippen molar-refractivity contribution in [2.75, 3.05) is 5.32 Å². The molecule has 0 spiro atoms. The minimum atomic E-state index is 0.528.